The van der Waals surface area contributed by atoms with Gasteiger partial charge in [0.2, 0.25) is 10.0 Å². The number of anilines is 1. The van der Waals surface area contributed by atoms with Gasteiger partial charge in [-0.25, -0.2) is 13.4 Å². The Bertz CT molecular complexity index is 1310. The van der Waals surface area contributed by atoms with Crippen LogP contribution in [0.25, 0.3) is 22.3 Å². The molecule has 2 fully saturated rings. The van der Waals surface area contributed by atoms with Gasteiger partial charge < -0.3 is 10.3 Å². The summed E-state index contributed by atoms with van der Waals surface area (Å²) in [4.78, 5) is 4.22. The van der Waals surface area contributed by atoms with Crippen LogP contribution in [-0.2, 0) is 10.0 Å². The minimum absolute atomic E-state index is 0.213. The maximum absolute atomic E-state index is 13.2. The van der Waals surface area contributed by atoms with Crippen molar-refractivity contribution in [3.63, 3.8) is 0 Å². The van der Waals surface area contributed by atoms with E-state index in [9.17, 15) is 21.6 Å². The molecule has 0 spiro atoms. The first kappa shape index (κ1) is 21.5. The Morgan fingerprint density at radius 3 is 2.38 bits per heavy atom. The van der Waals surface area contributed by atoms with E-state index < -0.39 is 21.7 Å². The predicted octanol–water partition coefficient (Wildman–Crippen LogP) is 5.04. The Hall–Kier alpha value is -2.30. The molecule has 2 saturated carbocycles. The molecule has 5 rings (SSSR count). The number of hydrogen-bond donors (Lipinski definition) is 2. The molecule has 0 amide bonds. The van der Waals surface area contributed by atoms with Gasteiger partial charge in [0, 0.05) is 23.2 Å². The van der Waals surface area contributed by atoms with Crippen molar-refractivity contribution in [3.8, 4) is 11.3 Å². The van der Waals surface area contributed by atoms with Gasteiger partial charge in [-0.2, -0.15) is 17.9 Å². The topological polar surface area (TPSA) is 90.0 Å². The first-order chi connectivity index (χ1) is 15.0. The van der Waals surface area contributed by atoms with Crippen LogP contribution >= 0.6 is 11.6 Å². The Morgan fingerprint density at radius 2 is 1.84 bits per heavy atom. The summed E-state index contributed by atoms with van der Waals surface area (Å²) >= 11 is 6.11. The lowest BCUT2D eigenvalue weighted by atomic mass is 9.92. The first-order valence-corrected chi connectivity index (χ1v) is 12.0. The van der Waals surface area contributed by atoms with Gasteiger partial charge in [-0.1, -0.05) is 23.7 Å². The molecule has 11 heteroatoms. The van der Waals surface area contributed by atoms with E-state index in [-0.39, 0.29) is 23.8 Å². The van der Waals surface area contributed by atoms with Gasteiger partial charge in [0.25, 0.3) is 0 Å². The Kier molecular flexibility index (Phi) is 4.78. The van der Waals surface area contributed by atoms with Gasteiger partial charge in [-0.3, -0.25) is 0 Å². The van der Waals surface area contributed by atoms with Crippen molar-refractivity contribution in [2.75, 3.05) is 5.73 Å². The monoisotopic (exact) mass is 484 g/mol. The molecule has 2 heterocycles. The fraction of sp³-hybridized carbons (Fsp3) is 0.381. The van der Waals surface area contributed by atoms with Crippen LogP contribution in [0.2, 0.25) is 5.02 Å². The highest BCUT2D eigenvalue weighted by molar-refractivity contribution is 7.89. The largest absolute Gasteiger partial charge is 0.407 e. The number of alkyl halides is 3. The number of benzene rings is 1. The minimum atomic E-state index is -4.63. The maximum atomic E-state index is 13.2. The highest BCUT2D eigenvalue weighted by Gasteiger charge is 2.65. The molecule has 0 atom stereocenters. The molecule has 32 heavy (non-hydrogen) atoms. The SMILES string of the molecule is Nc1c(-c2ccc(S(=O)(=O)NC3(C(F)(F)F)CC3)cc2)n(C2CCC2)c2ncc(Cl)cc12. The third-order valence-corrected chi connectivity index (χ3v) is 8.11. The van der Waals surface area contributed by atoms with Gasteiger partial charge in [-0.15, -0.1) is 0 Å². The van der Waals surface area contributed by atoms with Crippen LogP contribution in [0.4, 0.5) is 18.9 Å². The lowest BCUT2D eigenvalue weighted by molar-refractivity contribution is -0.160. The molecule has 2 aliphatic carbocycles. The number of rotatable bonds is 5. The van der Waals surface area contributed by atoms with E-state index in [2.05, 4.69) is 9.55 Å². The second kappa shape index (κ2) is 7.10. The number of hydrogen-bond acceptors (Lipinski definition) is 4. The third kappa shape index (κ3) is 3.36. The Morgan fingerprint density at radius 1 is 1.19 bits per heavy atom. The van der Waals surface area contributed by atoms with E-state index in [4.69, 9.17) is 17.3 Å². The van der Waals surface area contributed by atoms with Crippen molar-refractivity contribution in [1.82, 2.24) is 14.3 Å². The van der Waals surface area contributed by atoms with Crippen molar-refractivity contribution in [3.05, 3.63) is 41.6 Å². The van der Waals surface area contributed by atoms with Gasteiger partial charge in [0.1, 0.15) is 11.2 Å². The smallest absolute Gasteiger partial charge is 0.396 e. The summed E-state index contributed by atoms with van der Waals surface area (Å²) in [5, 5.41) is 1.16. The molecule has 0 radical (unpaired) electrons. The fourth-order valence-corrected chi connectivity index (χ4v) is 5.76. The fourth-order valence-electron chi connectivity index (χ4n) is 4.16. The first-order valence-electron chi connectivity index (χ1n) is 10.2. The highest BCUT2D eigenvalue weighted by atomic mass is 35.5. The number of halogens is 4. The molecule has 3 N–H and O–H groups in total. The van der Waals surface area contributed by atoms with Gasteiger partial charge in [0.15, 0.2) is 0 Å². The number of nitrogens with two attached hydrogens (primary N) is 1. The quantitative estimate of drug-likeness (QED) is 0.531. The van der Waals surface area contributed by atoms with E-state index in [1.807, 2.05) is 4.72 Å². The summed E-state index contributed by atoms with van der Waals surface area (Å²) in [5.41, 5.74) is 6.61. The summed E-state index contributed by atoms with van der Waals surface area (Å²) < 4.78 is 68.7. The lowest BCUT2D eigenvalue weighted by Crippen LogP contribution is -2.47. The summed E-state index contributed by atoms with van der Waals surface area (Å²) in [5.74, 6) is 0. The van der Waals surface area contributed by atoms with Crippen LogP contribution in [0.5, 0.6) is 0 Å². The van der Waals surface area contributed by atoms with E-state index in [0.29, 0.717) is 33.0 Å². The van der Waals surface area contributed by atoms with E-state index >= 15 is 0 Å². The van der Waals surface area contributed by atoms with Crippen LogP contribution in [0, 0.1) is 0 Å². The number of aromatic nitrogens is 2. The number of sulfonamides is 1. The van der Waals surface area contributed by atoms with E-state index in [1.165, 1.54) is 12.1 Å². The molecule has 2 aromatic heterocycles. The Labute approximate surface area is 187 Å². The van der Waals surface area contributed by atoms with E-state index in [1.54, 1.807) is 24.4 Å². The van der Waals surface area contributed by atoms with Crippen molar-refractivity contribution in [2.24, 2.45) is 0 Å². The molecular formula is C21H20ClF3N4O2S. The molecule has 0 bridgehead atoms. The maximum Gasteiger partial charge on any atom is 0.407 e. The van der Waals surface area contributed by atoms with Crippen molar-refractivity contribution in [1.29, 1.82) is 0 Å². The molecule has 0 unspecified atom stereocenters. The zero-order valence-electron chi connectivity index (χ0n) is 16.8. The average Bonchev–Trinajstić information content (AvgIpc) is 3.41. The molecule has 1 aromatic carbocycles. The lowest BCUT2D eigenvalue weighted by Gasteiger charge is -2.29. The zero-order chi connectivity index (χ0) is 22.9. The van der Waals surface area contributed by atoms with Crippen LogP contribution in [-0.4, -0.2) is 29.7 Å². The standard InChI is InChI=1S/C21H20ClF3N4O2S/c22-13-10-16-17(26)18(29(14-2-1-3-14)19(16)27-11-13)12-4-6-15(7-5-12)32(30,31)28-20(8-9-20)21(23,24)25/h4-7,10-11,14,28H,1-3,8-9,26H2. The molecule has 2 aliphatic rings. The van der Waals surface area contributed by atoms with Crippen LogP contribution < -0.4 is 10.5 Å². The molecule has 6 nitrogen and oxygen atoms in total. The van der Waals surface area contributed by atoms with Crippen LogP contribution in [0.1, 0.15) is 38.1 Å². The predicted molar refractivity (Wildman–Crippen MR) is 116 cm³/mol. The summed E-state index contributed by atoms with van der Waals surface area (Å²) in [7, 11) is -4.34. The second-order valence-corrected chi connectivity index (χ2v) is 10.6. The van der Waals surface area contributed by atoms with Crippen molar-refractivity contribution in [2.45, 2.75) is 54.8 Å². The molecular weight excluding hydrogens is 465 g/mol. The number of fused-ring (bicyclic) bond motifs is 1. The number of nitrogens with one attached hydrogen (secondary N) is 1. The number of pyridine rings is 1. The van der Waals surface area contributed by atoms with Crippen molar-refractivity contribution >= 4 is 38.3 Å². The molecule has 170 valence electrons. The molecule has 0 saturated heterocycles. The van der Waals surface area contributed by atoms with Crippen LogP contribution in [0.15, 0.2) is 41.4 Å². The zero-order valence-corrected chi connectivity index (χ0v) is 18.4. The van der Waals surface area contributed by atoms with Crippen LogP contribution in [0.3, 0.4) is 0 Å². The summed E-state index contributed by atoms with van der Waals surface area (Å²) in [6.07, 6.45) is -0.582. The average molecular weight is 485 g/mol. The van der Waals surface area contributed by atoms with Gasteiger partial charge in [-0.05, 0) is 50.3 Å². The van der Waals surface area contributed by atoms with Gasteiger partial charge >= 0.3 is 6.18 Å². The Balaban J connectivity index is 1.54. The normalized spacial score (nSPS) is 18.6. The van der Waals surface area contributed by atoms with E-state index in [0.717, 1.165) is 19.3 Å². The highest BCUT2D eigenvalue weighted by Crippen LogP contribution is 2.50. The molecule has 0 aliphatic heterocycles. The summed E-state index contributed by atoms with van der Waals surface area (Å²) in [6, 6.07) is 7.67. The second-order valence-electron chi connectivity index (χ2n) is 8.45. The summed E-state index contributed by atoms with van der Waals surface area (Å²) in [6.45, 7) is 0. The number of nitrogen functional groups attached to an aromatic ring is 1. The van der Waals surface area contributed by atoms with Crippen molar-refractivity contribution < 1.29 is 21.6 Å². The van der Waals surface area contributed by atoms with Gasteiger partial charge in [0.05, 0.1) is 21.3 Å². The molecule has 3 aromatic rings. The minimum Gasteiger partial charge on any atom is -0.396 e. The number of nitrogens with zero attached hydrogens (tertiary/aromatic N) is 2. The third-order valence-electron chi connectivity index (χ3n) is 6.35.